The van der Waals surface area contributed by atoms with Crippen LogP contribution in [-0.2, 0) is 10.0 Å². The van der Waals surface area contributed by atoms with E-state index in [1.807, 2.05) is 0 Å². The van der Waals surface area contributed by atoms with Gasteiger partial charge in [0.1, 0.15) is 5.82 Å². The van der Waals surface area contributed by atoms with Crippen molar-refractivity contribution in [2.45, 2.75) is 24.5 Å². The van der Waals surface area contributed by atoms with E-state index in [0.29, 0.717) is 12.8 Å². The largest absolute Gasteiger partial charge is 0.337 e. The van der Waals surface area contributed by atoms with Crippen LogP contribution >= 0.6 is 0 Å². The molecule has 1 aliphatic heterocycles. The molecule has 0 saturated carbocycles. The molecule has 1 aromatic rings. The number of primary sulfonamides is 1. The molecule has 0 spiro atoms. The van der Waals surface area contributed by atoms with E-state index in [0.717, 1.165) is 23.1 Å². The molecule has 0 aromatic heterocycles. The molecule has 0 bridgehead atoms. The zero-order valence-corrected chi connectivity index (χ0v) is 12.3. The Morgan fingerprint density at radius 3 is 2.64 bits per heavy atom. The first-order valence-corrected chi connectivity index (χ1v) is 8.19. The van der Waals surface area contributed by atoms with E-state index in [4.69, 9.17) is 5.14 Å². The summed E-state index contributed by atoms with van der Waals surface area (Å²) >= 11 is 0. The summed E-state index contributed by atoms with van der Waals surface area (Å²) in [7, 11) is -3.81. The average molecular weight is 336 g/mol. The van der Waals surface area contributed by atoms with Gasteiger partial charge in [-0.15, -0.1) is 0 Å². The second-order valence-corrected chi connectivity index (χ2v) is 6.99. The van der Waals surface area contributed by atoms with Gasteiger partial charge in [0, 0.05) is 18.7 Å². The van der Waals surface area contributed by atoms with E-state index in [1.54, 1.807) is 0 Å². The van der Waals surface area contributed by atoms with Gasteiger partial charge in [-0.05, 0) is 25.0 Å². The molecule has 22 heavy (non-hydrogen) atoms. The highest BCUT2D eigenvalue weighted by Gasteiger charge is 2.32. The SMILES string of the molecule is NS(=O)(=O)C1CCCN(C(=O)c2cc(C(F)F)ccc2F)C1. The minimum absolute atomic E-state index is 0.171. The molecule has 1 unspecified atom stereocenters. The third-order valence-corrected chi connectivity index (χ3v) is 4.92. The highest BCUT2D eigenvalue weighted by Crippen LogP contribution is 2.24. The van der Waals surface area contributed by atoms with Crippen LogP contribution in [0.15, 0.2) is 18.2 Å². The molecular weight excluding hydrogens is 321 g/mol. The van der Waals surface area contributed by atoms with Crippen molar-refractivity contribution in [3.63, 3.8) is 0 Å². The van der Waals surface area contributed by atoms with Gasteiger partial charge in [-0.2, -0.15) is 0 Å². The Morgan fingerprint density at radius 1 is 1.36 bits per heavy atom. The van der Waals surface area contributed by atoms with Crippen molar-refractivity contribution in [2.75, 3.05) is 13.1 Å². The Kier molecular flexibility index (Phi) is 4.76. The predicted molar refractivity (Wildman–Crippen MR) is 73.4 cm³/mol. The third kappa shape index (κ3) is 3.58. The number of hydrogen-bond acceptors (Lipinski definition) is 3. The van der Waals surface area contributed by atoms with E-state index >= 15 is 0 Å². The van der Waals surface area contributed by atoms with E-state index in [-0.39, 0.29) is 13.1 Å². The van der Waals surface area contributed by atoms with Crippen molar-refractivity contribution < 1.29 is 26.4 Å². The van der Waals surface area contributed by atoms with E-state index in [2.05, 4.69) is 0 Å². The van der Waals surface area contributed by atoms with Gasteiger partial charge in [-0.25, -0.2) is 26.7 Å². The Balaban J connectivity index is 2.26. The van der Waals surface area contributed by atoms with Crippen molar-refractivity contribution in [2.24, 2.45) is 5.14 Å². The van der Waals surface area contributed by atoms with Crippen LogP contribution in [0.4, 0.5) is 13.2 Å². The summed E-state index contributed by atoms with van der Waals surface area (Å²) < 4.78 is 61.8. The molecule has 9 heteroatoms. The van der Waals surface area contributed by atoms with Gasteiger partial charge in [0.05, 0.1) is 10.8 Å². The van der Waals surface area contributed by atoms with Crippen LogP contribution < -0.4 is 5.14 Å². The molecule has 0 aliphatic carbocycles. The number of alkyl halides is 2. The number of carbonyl (C=O) groups excluding carboxylic acids is 1. The number of piperidine rings is 1. The smallest absolute Gasteiger partial charge is 0.263 e. The fraction of sp³-hybridized carbons (Fsp3) is 0.462. The summed E-state index contributed by atoms with van der Waals surface area (Å²) in [5.41, 5.74) is -0.961. The molecule has 2 N–H and O–H groups in total. The monoisotopic (exact) mass is 336 g/mol. The predicted octanol–water partition coefficient (Wildman–Crippen LogP) is 1.66. The molecule has 1 saturated heterocycles. The van der Waals surface area contributed by atoms with Gasteiger partial charge in [-0.1, -0.05) is 6.07 Å². The van der Waals surface area contributed by atoms with Crippen LogP contribution in [0.1, 0.15) is 35.2 Å². The highest BCUT2D eigenvalue weighted by atomic mass is 32.2. The Hall–Kier alpha value is -1.61. The third-order valence-electron chi connectivity index (χ3n) is 3.60. The molecule has 1 aromatic carbocycles. The van der Waals surface area contributed by atoms with Gasteiger partial charge in [0.15, 0.2) is 0 Å². The fourth-order valence-corrected chi connectivity index (χ4v) is 3.29. The summed E-state index contributed by atoms with van der Waals surface area (Å²) in [6.45, 7) is 0.0548. The number of nitrogens with two attached hydrogens (primary N) is 1. The number of nitrogens with zero attached hydrogens (tertiary/aromatic N) is 1. The lowest BCUT2D eigenvalue weighted by Gasteiger charge is -2.31. The maximum Gasteiger partial charge on any atom is 0.263 e. The molecule has 0 radical (unpaired) electrons. The van der Waals surface area contributed by atoms with E-state index in [9.17, 15) is 26.4 Å². The second-order valence-electron chi connectivity index (χ2n) is 5.14. The Labute approximate surface area is 125 Å². The minimum atomic E-state index is -3.81. The van der Waals surface area contributed by atoms with Crippen molar-refractivity contribution in [3.05, 3.63) is 35.1 Å². The first-order chi connectivity index (χ1) is 10.2. The van der Waals surface area contributed by atoms with Crippen molar-refractivity contribution in [1.82, 2.24) is 4.90 Å². The number of likely N-dealkylation sites (tertiary alicyclic amines) is 1. The Morgan fingerprint density at radius 2 is 2.05 bits per heavy atom. The zero-order valence-electron chi connectivity index (χ0n) is 11.5. The summed E-state index contributed by atoms with van der Waals surface area (Å²) in [5.74, 6) is -1.74. The summed E-state index contributed by atoms with van der Waals surface area (Å²) in [6, 6.07) is 2.50. The molecular formula is C13H15F3N2O3S. The maximum atomic E-state index is 13.7. The number of carbonyl (C=O) groups is 1. The van der Waals surface area contributed by atoms with Gasteiger partial charge in [0.25, 0.3) is 12.3 Å². The van der Waals surface area contributed by atoms with Crippen molar-refractivity contribution in [1.29, 1.82) is 0 Å². The van der Waals surface area contributed by atoms with Crippen LogP contribution in [0.5, 0.6) is 0 Å². The lowest BCUT2D eigenvalue weighted by Crippen LogP contribution is -2.47. The minimum Gasteiger partial charge on any atom is -0.337 e. The standard InChI is InChI=1S/C13H15F3N2O3S/c14-11-4-3-8(12(15)16)6-10(11)13(19)18-5-1-2-9(7-18)22(17,20)21/h3-4,6,9,12H,1-2,5,7H2,(H2,17,20,21). The lowest BCUT2D eigenvalue weighted by molar-refractivity contribution is 0.0721. The van der Waals surface area contributed by atoms with E-state index < -0.39 is 44.5 Å². The van der Waals surface area contributed by atoms with Crippen LogP contribution in [0.3, 0.4) is 0 Å². The van der Waals surface area contributed by atoms with Crippen molar-refractivity contribution >= 4 is 15.9 Å². The van der Waals surface area contributed by atoms with Crippen molar-refractivity contribution in [3.8, 4) is 0 Å². The quantitative estimate of drug-likeness (QED) is 0.911. The summed E-state index contributed by atoms with van der Waals surface area (Å²) in [4.78, 5) is 13.4. The number of hydrogen-bond donors (Lipinski definition) is 1. The average Bonchev–Trinajstić information content (AvgIpc) is 2.46. The first-order valence-electron chi connectivity index (χ1n) is 6.58. The lowest BCUT2D eigenvalue weighted by atomic mass is 10.1. The molecule has 122 valence electrons. The molecule has 1 aliphatic rings. The van der Waals surface area contributed by atoms with Crippen LogP contribution in [0.25, 0.3) is 0 Å². The van der Waals surface area contributed by atoms with Crippen LogP contribution in [0.2, 0.25) is 0 Å². The molecule has 1 amide bonds. The van der Waals surface area contributed by atoms with Gasteiger partial charge in [-0.3, -0.25) is 4.79 Å². The van der Waals surface area contributed by atoms with Crippen LogP contribution in [-0.4, -0.2) is 37.6 Å². The molecule has 1 heterocycles. The number of benzene rings is 1. The number of sulfonamides is 1. The first kappa shape index (κ1) is 16.8. The molecule has 5 nitrogen and oxygen atoms in total. The van der Waals surface area contributed by atoms with Gasteiger partial charge < -0.3 is 4.90 Å². The number of halogens is 3. The molecule has 1 fully saturated rings. The maximum absolute atomic E-state index is 13.7. The molecule has 2 rings (SSSR count). The highest BCUT2D eigenvalue weighted by molar-refractivity contribution is 7.89. The van der Waals surface area contributed by atoms with E-state index in [1.165, 1.54) is 0 Å². The van der Waals surface area contributed by atoms with Crippen LogP contribution in [0, 0.1) is 5.82 Å². The normalized spacial score (nSPS) is 19.5. The number of amides is 1. The summed E-state index contributed by atoms with van der Waals surface area (Å²) in [5, 5.41) is 4.14. The number of rotatable bonds is 3. The fourth-order valence-electron chi connectivity index (χ4n) is 2.40. The second kappa shape index (κ2) is 6.25. The topological polar surface area (TPSA) is 80.5 Å². The zero-order chi connectivity index (χ0) is 16.5. The molecule has 1 atom stereocenters. The summed E-state index contributed by atoms with van der Waals surface area (Å²) in [6.07, 6.45) is -2.13. The van der Waals surface area contributed by atoms with Gasteiger partial charge >= 0.3 is 0 Å². The Bertz CT molecular complexity index is 679. The van der Waals surface area contributed by atoms with Gasteiger partial charge in [0.2, 0.25) is 10.0 Å².